The molecule has 0 aliphatic heterocycles. The van der Waals surface area contributed by atoms with Crippen molar-refractivity contribution in [2.24, 2.45) is 0 Å². The fourth-order valence-electron chi connectivity index (χ4n) is 1.84. The van der Waals surface area contributed by atoms with Crippen molar-refractivity contribution >= 4 is 17.3 Å². The van der Waals surface area contributed by atoms with Crippen LogP contribution in [-0.2, 0) is 6.18 Å². The highest BCUT2D eigenvalue weighted by Crippen LogP contribution is 2.33. The number of aryl methyl sites for hydroxylation is 1. The van der Waals surface area contributed by atoms with Crippen LogP contribution < -0.4 is 11.1 Å². The summed E-state index contributed by atoms with van der Waals surface area (Å²) in [6, 6.07) is 9.77. The SMILES string of the molecule is Cc1ccc(NC(=O)c2ccc(N)cc2)cc1C(F)(F)F. The van der Waals surface area contributed by atoms with Crippen molar-refractivity contribution in [3.05, 3.63) is 59.2 Å². The number of rotatable bonds is 2. The third-order valence-electron chi connectivity index (χ3n) is 2.97. The van der Waals surface area contributed by atoms with Crippen molar-refractivity contribution in [3.8, 4) is 0 Å². The molecule has 21 heavy (non-hydrogen) atoms. The molecule has 2 aromatic carbocycles. The largest absolute Gasteiger partial charge is 0.416 e. The van der Waals surface area contributed by atoms with Gasteiger partial charge in [0.15, 0.2) is 0 Å². The van der Waals surface area contributed by atoms with Gasteiger partial charge in [-0.3, -0.25) is 4.79 Å². The van der Waals surface area contributed by atoms with Crippen molar-refractivity contribution in [3.63, 3.8) is 0 Å². The lowest BCUT2D eigenvalue weighted by Gasteiger charge is -2.12. The Kier molecular flexibility index (Phi) is 3.88. The molecule has 0 aliphatic rings. The van der Waals surface area contributed by atoms with Gasteiger partial charge in [0, 0.05) is 16.9 Å². The second kappa shape index (κ2) is 5.47. The lowest BCUT2D eigenvalue weighted by molar-refractivity contribution is -0.138. The summed E-state index contributed by atoms with van der Waals surface area (Å²) in [7, 11) is 0. The van der Waals surface area contributed by atoms with Crippen molar-refractivity contribution < 1.29 is 18.0 Å². The number of carbonyl (C=O) groups excluding carboxylic acids is 1. The standard InChI is InChI=1S/C15H13F3N2O/c1-9-2-7-12(8-13(9)15(16,17)18)20-14(21)10-3-5-11(19)6-4-10/h2-8H,19H2,1H3,(H,20,21). The van der Waals surface area contributed by atoms with E-state index in [9.17, 15) is 18.0 Å². The number of nitrogens with two attached hydrogens (primary N) is 1. The maximum atomic E-state index is 12.8. The molecule has 0 bridgehead atoms. The molecular weight excluding hydrogens is 281 g/mol. The highest BCUT2D eigenvalue weighted by molar-refractivity contribution is 6.04. The minimum atomic E-state index is -4.45. The number of nitrogen functional groups attached to an aromatic ring is 1. The van der Waals surface area contributed by atoms with Gasteiger partial charge in [-0.25, -0.2) is 0 Å². The molecule has 0 aromatic heterocycles. The lowest BCUT2D eigenvalue weighted by Crippen LogP contribution is -2.14. The van der Waals surface area contributed by atoms with E-state index in [1.54, 1.807) is 12.1 Å². The normalized spacial score (nSPS) is 11.2. The average molecular weight is 294 g/mol. The van der Waals surface area contributed by atoms with Gasteiger partial charge in [0.25, 0.3) is 5.91 Å². The van der Waals surface area contributed by atoms with Gasteiger partial charge < -0.3 is 11.1 Å². The fourth-order valence-corrected chi connectivity index (χ4v) is 1.84. The summed E-state index contributed by atoms with van der Waals surface area (Å²) in [6.07, 6.45) is -4.45. The molecule has 2 rings (SSSR count). The van der Waals surface area contributed by atoms with Gasteiger partial charge in [0.05, 0.1) is 5.56 Å². The number of alkyl halides is 3. The Balaban J connectivity index is 2.24. The van der Waals surface area contributed by atoms with Gasteiger partial charge >= 0.3 is 6.18 Å². The smallest absolute Gasteiger partial charge is 0.399 e. The number of halogens is 3. The van der Waals surface area contributed by atoms with E-state index in [0.29, 0.717) is 11.3 Å². The number of anilines is 2. The summed E-state index contributed by atoms with van der Waals surface area (Å²) < 4.78 is 38.4. The van der Waals surface area contributed by atoms with Crippen molar-refractivity contribution in [1.82, 2.24) is 0 Å². The molecule has 6 heteroatoms. The average Bonchev–Trinajstić information content (AvgIpc) is 2.40. The molecule has 0 saturated heterocycles. The molecule has 110 valence electrons. The maximum absolute atomic E-state index is 12.8. The van der Waals surface area contributed by atoms with Crippen LogP contribution in [0.4, 0.5) is 24.5 Å². The molecule has 0 aliphatic carbocycles. The zero-order valence-electron chi connectivity index (χ0n) is 11.2. The van der Waals surface area contributed by atoms with Crippen LogP contribution in [0.3, 0.4) is 0 Å². The van der Waals surface area contributed by atoms with E-state index in [4.69, 9.17) is 5.73 Å². The maximum Gasteiger partial charge on any atom is 0.416 e. The van der Waals surface area contributed by atoms with Crippen molar-refractivity contribution in [1.29, 1.82) is 0 Å². The first kappa shape index (κ1) is 14.9. The Hall–Kier alpha value is -2.50. The van der Waals surface area contributed by atoms with Crippen molar-refractivity contribution in [2.45, 2.75) is 13.1 Å². The van der Waals surface area contributed by atoms with Gasteiger partial charge in [-0.15, -0.1) is 0 Å². The van der Waals surface area contributed by atoms with E-state index in [-0.39, 0.29) is 11.3 Å². The summed E-state index contributed by atoms with van der Waals surface area (Å²) in [5.74, 6) is -0.494. The van der Waals surface area contributed by atoms with Crippen LogP contribution in [0.15, 0.2) is 42.5 Å². The van der Waals surface area contributed by atoms with Crippen LogP contribution in [-0.4, -0.2) is 5.91 Å². The highest BCUT2D eigenvalue weighted by atomic mass is 19.4. The molecule has 0 fully saturated rings. The predicted molar refractivity (Wildman–Crippen MR) is 75.0 cm³/mol. The van der Waals surface area contributed by atoms with Gasteiger partial charge in [-0.2, -0.15) is 13.2 Å². The van der Waals surface area contributed by atoms with E-state index in [2.05, 4.69) is 5.32 Å². The van der Waals surface area contributed by atoms with Gasteiger partial charge in [-0.05, 0) is 48.9 Å². The summed E-state index contributed by atoms with van der Waals surface area (Å²) in [6.45, 7) is 1.37. The summed E-state index contributed by atoms with van der Waals surface area (Å²) in [4.78, 5) is 11.9. The van der Waals surface area contributed by atoms with Crippen LogP contribution in [0.25, 0.3) is 0 Å². The van der Waals surface area contributed by atoms with Crippen LogP contribution in [0, 0.1) is 6.92 Å². The number of benzene rings is 2. The Morgan fingerprint density at radius 3 is 2.29 bits per heavy atom. The lowest BCUT2D eigenvalue weighted by atomic mass is 10.1. The fraction of sp³-hybridized carbons (Fsp3) is 0.133. The first-order valence-corrected chi connectivity index (χ1v) is 6.12. The second-order valence-corrected chi connectivity index (χ2v) is 4.60. The van der Waals surface area contributed by atoms with E-state index in [0.717, 1.165) is 6.07 Å². The number of hydrogen-bond acceptors (Lipinski definition) is 2. The summed E-state index contributed by atoms with van der Waals surface area (Å²) in [5.41, 5.74) is 5.76. The molecule has 3 N–H and O–H groups in total. The molecule has 0 saturated carbocycles. The molecule has 3 nitrogen and oxygen atoms in total. The van der Waals surface area contributed by atoms with Crippen molar-refractivity contribution in [2.75, 3.05) is 11.1 Å². The Morgan fingerprint density at radius 2 is 1.71 bits per heavy atom. The topological polar surface area (TPSA) is 55.1 Å². The number of amides is 1. The zero-order valence-corrected chi connectivity index (χ0v) is 11.2. The minimum Gasteiger partial charge on any atom is -0.399 e. The summed E-state index contributed by atoms with van der Waals surface area (Å²) in [5, 5.41) is 2.44. The van der Waals surface area contributed by atoms with E-state index < -0.39 is 17.6 Å². The molecule has 0 atom stereocenters. The summed E-state index contributed by atoms with van der Waals surface area (Å²) >= 11 is 0. The van der Waals surface area contributed by atoms with Gasteiger partial charge in [0.2, 0.25) is 0 Å². The molecule has 1 amide bonds. The van der Waals surface area contributed by atoms with Gasteiger partial charge in [-0.1, -0.05) is 6.07 Å². The Labute approximate surface area is 119 Å². The van der Waals surface area contributed by atoms with Gasteiger partial charge in [0.1, 0.15) is 0 Å². The molecule has 0 radical (unpaired) electrons. The number of carbonyl (C=O) groups is 1. The van der Waals surface area contributed by atoms with Crippen LogP contribution >= 0.6 is 0 Å². The minimum absolute atomic E-state index is 0.0924. The zero-order chi connectivity index (χ0) is 15.6. The quantitative estimate of drug-likeness (QED) is 0.827. The molecular formula is C15H13F3N2O. The predicted octanol–water partition coefficient (Wildman–Crippen LogP) is 3.85. The molecule has 0 spiro atoms. The van der Waals surface area contributed by atoms with E-state index in [1.165, 1.54) is 31.2 Å². The first-order chi connectivity index (χ1) is 9.77. The first-order valence-electron chi connectivity index (χ1n) is 6.12. The van der Waals surface area contributed by atoms with Crippen LogP contribution in [0.1, 0.15) is 21.5 Å². The third kappa shape index (κ3) is 3.53. The monoisotopic (exact) mass is 294 g/mol. The number of hydrogen-bond donors (Lipinski definition) is 2. The Bertz CT molecular complexity index is 664. The van der Waals surface area contributed by atoms with E-state index in [1.807, 2.05) is 0 Å². The third-order valence-corrected chi connectivity index (χ3v) is 2.97. The molecule has 0 heterocycles. The molecule has 0 unspecified atom stereocenters. The second-order valence-electron chi connectivity index (χ2n) is 4.60. The molecule has 2 aromatic rings. The number of nitrogens with one attached hydrogen (secondary N) is 1. The van der Waals surface area contributed by atoms with E-state index >= 15 is 0 Å². The van der Waals surface area contributed by atoms with Crippen LogP contribution in [0.2, 0.25) is 0 Å². The van der Waals surface area contributed by atoms with Crippen LogP contribution in [0.5, 0.6) is 0 Å². The Morgan fingerprint density at radius 1 is 1.10 bits per heavy atom. The highest BCUT2D eigenvalue weighted by Gasteiger charge is 2.32.